The Bertz CT molecular complexity index is 1290. The Labute approximate surface area is 195 Å². The van der Waals surface area contributed by atoms with Crippen LogP contribution < -0.4 is 0 Å². The average molecular weight is 467 g/mol. The van der Waals surface area contributed by atoms with E-state index in [4.69, 9.17) is 4.42 Å². The lowest BCUT2D eigenvalue weighted by molar-refractivity contribution is 0.299. The van der Waals surface area contributed by atoms with Crippen molar-refractivity contribution in [2.75, 3.05) is 25.4 Å². The van der Waals surface area contributed by atoms with E-state index in [9.17, 15) is 0 Å². The van der Waals surface area contributed by atoms with Gasteiger partial charge in [-0.25, -0.2) is 9.97 Å². The maximum atomic E-state index is 5.47. The maximum Gasteiger partial charge on any atom is 0.202 e. The SMILES string of the molecule is Cc1nc2ccc([C@]34C[C@H]3CN(CCCSc3nnc(-c5ocnc5C)n3C)C4)cc2s1. The fraction of sp³-hybridized carbons (Fsp3) is 0.478. The predicted octanol–water partition coefficient (Wildman–Crippen LogP) is 4.45. The Kier molecular flexibility index (Phi) is 4.89. The lowest BCUT2D eigenvalue weighted by Gasteiger charge is -2.21. The van der Waals surface area contributed by atoms with E-state index < -0.39 is 0 Å². The molecule has 6 rings (SSSR count). The molecule has 9 heteroatoms. The molecule has 7 nitrogen and oxygen atoms in total. The van der Waals surface area contributed by atoms with Crippen LogP contribution in [0, 0.1) is 19.8 Å². The molecule has 32 heavy (non-hydrogen) atoms. The number of piperidine rings is 1. The summed E-state index contributed by atoms with van der Waals surface area (Å²) in [5.41, 5.74) is 3.88. The van der Waals surface area contributed by atoms with Gasteiger partial charge in [0, 0.05) is 31.3 Å². The van der Waals surface area contributed by atoms with Crippen LogP contribution in [0.2, 0.25) is 0 Å². The van der Waals surface area contributed by atoms with Crippen molar-refractivity contribution in [2.24, 2.45) is 13.0 Å². The van der Waals surface area contributed by atoms with Crippen molar-refractivity contribution < 1.29 is 4.42 Å². The Hall–Kier alpha value is -2.23. The van der Waals surface area contributed by atoms with Crippen molar-refractivity contribution in [3.63, 3.8) is 0 Å². The van der Waals surface area contributed by atoms with Gasteiger partial charge < -0.3 is 13.9 Å². The van der Waals surface area contributed by atoms with Crippen molar-refractivity contribution in [1.29, 1.82) is 0 Å². The first kappa shape index (κ1) is 20.4. The van der Waals surface area contributed by atoms with Gasteiger partial charge in [0.2, 0.25) is 5.82 Å². The van der Waals surface area contributed by atoms with E-state index in [-0.39, 0.29) is 0 Å². The van der Waals surface area contributed by atoms with E-state index in [0.717, 1.165) is 51.8 Å². The molecule has 1 aliphatic heterocycles. The molecule has 1 aromatic carbocycles. The van der Waals surface area contributed by atoms with Crippen LogP contribution in [-0.2, 0) is 12.5 Å². The molecule has 0 unspecified atom stereocenters. The summed E-state index contributed by atoms with van der Waals surface area (Å²) in [5.74, 6) is 3.27. The number of oxazole rings is 1. The van der Waals surface area contributed by atoms with E-state index in [2.05, 4.69) is 50.2 Å². The Morgan fingerprint density at radius 3 is 3.03 bits per heavy atom. The number of thioether (sulfide) groups is 1. The molecule has 166 valence electrons. The lowest BCUT2D eigenvalue weighted by Crippen LogP contribution is -2.27. The highest BCUT2D eigenvalue weighted by molar-refractivity contribution is 7.99. The van der Waals surface area contributed by atoms with E-state index in [1.807, 2.05) is 29.9 Å². The largest absolute Gasteiger partial charge is 0.440 e. The first-order chi connectivity index (χ1) is 15.5. The standard InChI is InChI=1S/C23H26N6OS2/c1-14-20(30-13-24-14)21-26-27-22(28(21)3)31-8-4-7-29-11-17-10-23(17,12-29)16-5-6-18-19(9-16)32-15(2)25-18/h5-6,9,13,17H,4,7-8,10-12H2,1-3H3/t17-,23+/m0/s1. The van der Waals surface area contributed by atoms with Crippen LogP contribution in [0.3, 0.4) is 0 Å². The van der Waals surface area contributed by atoms with Gasteiger partial charge >= 0.3 is 0 Å². The van der Waals surface area contributed by atoms with Gasteiger partial charge in [-0.1, -0.05) is 17.8 Å². The predicted molar refractivity (Wildman–Crippen MR) is 127 cm³/mol. The van der Waals surface area contributed by atoms with Gasteiger partial charge in [0.05, 0.1) is 20.9 Å². The molecule has 0 amide bonds. The maximum absolute atomic E-state index is 5.47. The van der Waals surface area contributed by atoms with Gasteiger partial charge in [-0.3, -0.25) is 0 Å². The van der Waals surface area contributed by atoms with E-state index >= 15 is 0 Å². The van der Waals surface area contributed by atoms with E-state index in [1.54, 1.807) is 11.8 Å². The van der Waals surface area contributed by atoms with E-state index in [1.165, 1.54) is 36.2 Å². The molecule has 2 atom stereocenters. The highest BCUT2D eigenvalue weighted by Gasteiger charge is 2.60. The monoisotopic (exact) mass is 466 g/mol. The Balaban J connectivity index is 1.04. The molecule has 0 radical (unpaired) electrons. The zero-order valence-electron chi connectivity index (χ0n) is 18.5. The normalized spacial score (nSPS) is 22.7. The van der Waals surface area contributed by atoms with Crippen LogP contribution in [0.4, 0.5) is 0 Å². The second-order valence-electron chi connectivity index (χ2n) is 9.04. The highest BCUT2D eigenvalue weighted by Crippen LogP contribution is 2.59. The smallest absolute Gasteiger partial charge is 0.202 e. The first-order valence-electron chi connectivity index (χ1n) is 11.1. The van der Waals surface area contributed by atoms with Crippen molar-refractivity contribution in [1.82, 2.24) is 29.6 Å². The second kappa shape index (κ2) is 7.67. The molecular weight excluding hydrogens is 440 g/mol. The van der Waals surface area contributed by atoms with Crippen LogP contribution in [0.1, 0.15) is 29.1 Å². The van der Waals surface area contributed by atoms with Gasteiger partial charge in [-0.2, -0.15) is 0 Å². The van der Waals surface area contributed by atoms with Gasteiger partial charge in [0.25, 0.3) is 0 Å². The zero-order chi connectivity index (χ0) is 21.9. The lowest BCUT2D eigenvalue weighted by atomic mass is 9.95. The van der Waals surface area contributed by atoms with Crippen molar-refractivity contribution in [2.45, 2.75) is 37.3 Å². The Morgan fingerprint density at radius 1 is 1.28 bits per heavy atom. The van der Waals surface area contributed by atoms with Crippen LogP contribution >= 0.6 is 23.1 Å². The topological polar surface area (TPSA) is 72.9 Å². The van der Waals surface area contributed by atoms with Crippen molar-refractivity contribution in [3.05, 3.63) is 40.9 Å². The van der Waals surface area contributed by atoms with Gasteiger partial charge in [-0.05, 0) is 56.8 Å². The molecule has 1 saturated carbocycles. The first-order valence-corrected chi connectivity index (χ1v) is 12.9. The molecule has 4 heterocycles. The third-order valence-corrected chi connectivity index (χ3v) is 8.96. The molecular formula is C23H26N6OS2. The van der Waals surface area contributed by atoms with Gasteiger partial charge in [0.1, 0.15) is 0 Å². The van der Waals surface area contributed by atoms with Gasteiger partial charge in [0.15, 0.2) is 17.3 Å². The summed E-state index contributed by atoms with van der Waals surface area (Å²) >= 11 is 3.57. The molecule has 2 fully saturated rings. The minimum atomic E-state index is 0.382. The summed E-state index contributed by atoms with van der Waals surface area (Å²) in [6.07, 6.45) is 3.93. The number of rotatable bonds is 7. The number of likely N-dealkylation sites (tertiary alicyclic amines) is 1. The molecule has 2 aliphatic rings. The zero-order valence-corrected chi connectivity index (χ0v) is 20.2. The van der Waals surface area contributed by atoms with Crippen molar-refractivity contribution >= 4 is 33.3 Å². The number of benzene rings is 1. The summed E-state index contributed by atoms with van der Waals surface area (Å²) in [6.45, 7) is 7.56. The number of aromatic nitrogens is 5. The summed E-state index contributed by atoms with van der Waals surface area (Å²) in [5, 5.41) is 10.7. The van der Waals surface area contributed by atoms with Crippen LogP contribution in [-0.4, -0.2) is 55.0 Å². The Morgan fingerprint density at radius 2 is 2.19 bits per heavy atom. The third-order valence-electron chi connectivity index (χ3n) is 6.92. The minimum Gasteiger partial charge on any atom is -0.440 e. The number of hydrogen-bond donors (Lipinski definition) is 0. The molecule has 0 bridgehead atoms. The number of thiazole rings is 1. The molecule has 0 spiro atoms. The average Bonchev–Trinajstić information content (AvgIpc) is 3.20. The van der Waals surface area contributed by atoms with Crippen LogP contribution in [0.5, 0.6) is 0 Å². The summed E-state index contributed by atoms with van der Waals surface area (Å²) in [4.78, 5) is 11.4. The fourth-order valence-corrected chi connectivity index (χ4v) is 6.86. The van der Waals surface area contributed by atoms with Gasteiger partial charge in [-0.15, -0.1) is 21.5 Å². The molecule has 1 saturated heterocycles. The quantitative estimate of drug-likeness (QED) is 0.294. The number of aryl methyl sites for hydroxylation is 2. The number of hydrogen-bond acceptors (Lipinski definition) is 8. The van der Waals surface area contributed by atoms with Crippen LogP contribution in [0.25, 0.3) is 21.8 Å². The molecule has 0 N–H and O–H groups in total. The highest BCUT2D eigenvalue weighted by atomic mass is 32.2. The van der Waals surface area contributed by atoms with Crippen molar-refractivity contribution in [3.8, 4) is 11.6 Å². The molecule has 3 aromatic heterocycles. The molecule has 4 aromatic rings. The number of fused-ring (bicyclic) bond motifs is 2. The second-order valence-corrected chi connectivity index (χ2v) is 11.3. The number of nitrogens with zero attached hydrogens (tertiary/aromatic N) is 6. The summed E-state index contributed by atoms with van der Waals surface area (Å²) in [6, 6.07) is 6.94. The minimum absolute atomic E-state index is 0.382. The van der Waals surface area contributed by atoms with E-state index in [0.29, 0.717) is 11.2 Å². The molecule has 1 aliphatic carbocycles. The van der Waals surface area contributed by atoms with Crippen LogP contribution in [0.15, 0.2) is 34.2 Å². The summed E-state index contributed by atoms with van der Waals surface area (Å²) < 4.78 is 8.80. The summed E-state index contributed by atoms with van der Waals surface area (Å²) in [7, 11) is 1.98. The fourth-order valence-electron chi connectivity index (χ4n) is 5.16. The third kappa shape index (κ3) is 3.38.